The van der Waals surface area contributed by atoms with Gasteiger partial charge in [-0.1, -0.05) is 12.1 Å². The van der Waals surface area contributed by atoms with Crippen LogP contribution in [-0.2, 0) is 5.60 Å². The van der Waals surface area contributed by atoms with Gasteiger partial charge in [-0.25, -0.2) is 8.78 Å². The molecule has 1 unspecified atom stereocenters. The molecule has 0 bridgehead atoms. The maximum absolute atomic E-state index is 13.5. The molecule has 0 aliphatic heterocycles. The molecule has 0 fully saturated rings. The Morgan fingerprint density at radius 2 is 1.57 bits per heavy atom. The maximum Gasteiger partial charge on any atom is 0.425 e. The third-order valence-corrected chi connectivity index (χ3v) is 3.61. The molecule has 0 saturated carbocycles. The average Bonchev–Trinajstić information content (AvgIpc) is 2.95. The Balaban J connectivity index is 2.25. The number of aliphatic hydroxyl groups is 1. The number of nitrogens with one attached hydrogen (secondary N) is 1. The second-order valence-electron chi connectivity index (χ2n) is 5.01. The van der Waals surface area contributed by atoms with Crippen molar-refractivity contribution in [1.29, 1.82) is 0 Å². The molecule has 23 heavy (non-hydrogen) atoms. The van der Waals surface area contributed by atoms with E-state index in [1.165, 1.54) is 12.3 Å². The van der Waals surface area contributed by atoms with Crippen LogP contribution in [0.3, 0.4) is 0 Å². The maximum atomic E-state index is 13.5. The molecule has 8 heteroatoms. The van der Waals surface area contributed by atoms with Gasteiger partial charge < -0.3 is 5.11 Å². The molecule has 3 rings (SSSR count). The summed E-state index contributed by atoms with van der Waals surface area (Å²) in [4.78, 5) is 0. The summed E-state index contributed by atoms with van der Waals surface area (Å²) in [5.74, 6) is -2.78. The molecule has 3 aromatic rings. The Kier molecular flexibility index (Phi) is 3.36. The SMILES string of the molecule is OC(c1ccc(F)c(F)c1)(c1ccc2[nH]ncc2c1)C(F)(F)F. The summed E-state index contributed by atoms with van der Waals surface area (Å²) in [6, 6.07) is 5.03. The summed E-state index contributed by atoms with van der Waals surface area (Å²) in [7, 11) is 0. The Morgan fingerprint density at radius 1 is 0.913 bits per heavy atom. The van der Waals surface area contributed by atoms with Gasteiger partial charge in [-0.2, -0.15) is 18.3 Å². The molecule has 1 aromatic heterocycles. The van der Waals surface area contributed by atoms with Crippen LogP contribution < -0.4 is 0 Å². The van der Waals surface area contributed by atoms with Gasteiger partial charge in [0.25, 0.3) is 0 Å². The zero-order valence-electron chi connectivity index (χ0n) is 11.3. The van der Waals surface area contributed by atoms with Crippen molar-refractivity contribution < 1.29 is 27.1 Å². The van der Waals surface area contributed by atoms with E-state index in [0.29, 0.717) is 29.1 Å². The lowest BCUT2D eigenvalue weighted by atomic mass is 9.85. The highest BCUT2D eigenvalue weighted by molar-refractivity contribution is 5.79. The Bertz CT molecular complexity index is 874. The van der Waals surface area contributed by atoms with Crippen molar-refractivity contribution >= 4 is 10.9 Å². The number of hydrogen-bond donors (Lipinski definition) is 2. The zero-order valence-corrected chi connectivity index (χ0v) is 11.3. The summed E-state index contributed by atoms with van der Waals surface area (Å²) in [5, 5.41) is 17.0. The fraction of sp³-hybridized carbons (Fsp3) is 0.133. The quantitative estimate of drug-likeness (QED) is 0.706. The Labute approximate surface area is 126 Å². The smallest absolute Gasteiger partial charge is 0.372 e. The second kappa shape index (κ2) is 5.02. The van der Waals surface area contributed by atoms with E-state index in [2.05, 4.69) is 10.2 Å². The summed E-state index contributed by atoms with van der Waals surface area (Å²) >= 11 is 0. The molecule has 0 aliphatic carbocycles. The van der Waals surface area contributed by atoms with Crippen molar-refractivity contribution in [3.63, 3.8) is 0 Å². The van der Waals surface area contributed by atoms with Crippen molar-refractivity contribution in [2.45, 2.75) is 11.8 Å². The van der Waals surface area contributed by atoms with Crippen molar-refractivity contribution in [3.8, 4) is 0 Å². The van der Waals surface area contributed by atoms with Crippen molar-refractivity contribution in [2.75, 3.05) is 0 Å². The van der Waals surface area contributed by atoms with E-state index in [1.807, 2.05) is 0 Å². The molecule has 3 nitrogen and oxygen atoms in total. The number of hydrogen-bond acceptors (Lipinski definition) is 2. The standard InChI is InChI=1S/C15H9F5N2O/c16-11-3-1-10(6-12(11)17)14(23,15(18,19)20)9-2-4-13-8(5-9)7-21-22-13/h1-7,23H,(H,21,22). The highest BCUT2D eigenvalue weighted by atomic mass is 19.4. The number of aromatic nitrogens is 2. The average molecular weight is 328 g/mol. The minimum atomic E-state index is -5.14. The number of aromatic amines is 1. The number of alkyl halides is 3. The molecule has 0 aliphatic rings. The first kappa shape index (κ1) is 15.4. The summed E-state index contributed by atoms with van der Waals surface area (Å²) in [6.07, 6.45) is -3.85. The Morgan fingerprint density at radius 3 is 2.22 bits per heavy atom. The molecule has 0 amide bonds. The predicted octanol–water partition coefficient (Wildman–Crippen LogP) is 3.64. The van der Waals surface area contributed by atoms with Crippen LogP contribution in [0, 0.1) is 11.6 Å². The van der Waals surface area contributed by atoms with Crippen LogP contribution in [-0.4, -0.2) is 21.5 Å². The molecule has 0 radical (unpaired) electrons. The molecule has 0 spiro atoms. The third-order valence-electron chi connectivity index (χ3n) is 3.61. The van der Waals surface area contributed by atoms with Gasteiger partial charge in [0.05, 0.1) is 11.7 Å². The molecule has 2 aromatic carbocycles. The molecule has 1 heterocycles. The van der Waals surface area contributed by atoms with Gasteiger partial charge in [0, 0.05) is 10.9 Å². The van der Waals surface area contributed by atoms with Gasteiger partial charge in [0.1, 0.15) is 0 Å². The van der Waals surface area contributed by atoms with Crippen LogP contribution in [0.4, 0.5) is 22.0 Å². The van der Waals surface area contributed by atoms with E-state index < -0.39 is 34.5 Å². The fourth-order valence-corrected chi connectivity index (χ4v) is 2.38. The minimum absolute atomic E-state index is 0.336. The van der Waals surface area contributed by atoms with E-state index >= 15 is 0 Å². The number of nitrogens with zero attached hydrogens (tertiary/aromatic N) is 1. The zero-order chi connectivity index (χ0) is 16.8. The Hall–Kier alpha value is -2.48. The normalized spacial score (nSPS) is 14.9. The molecule has 2 N–H and O–H groups in total. The minimum Gasteiger partial charge on any atom is -0.372 e. The van der Waals surface area contributed by atoms with Crippen LogP contribution >= 0.6 is 0 Å². The van der Waals surface area contributed by atoms with Crippen LogP contribution in [0.15, 0.2) is 42.6 Å². The van der Waals surface area contributed by atoms with E-state index in [4.69, 9.17) is 0 Å². The topological polar surface area (TPSA) is 48.9 Å². The number of fused-ring (bicyclic) bond motifs is 1. The van der Waals surface area contributed by atoms with E-state index in [0.717, 1.165) is 12.1 Å². The molecule has 120 valence electrons. The predicted molar refractivity (Wildman–Crippen MR) is 71.5 cm³/mol. The van der Waals surface area contributed by atoms with Crippen molar-refractivity contribution in [3.05, 3.63) is 65.4 Å². The first-order valence-electron chi connectivity index (χ1n) is 6.42. The van der Waals surface area contributed by atoms with Crippen LogP contribution in [0.25, 0.3) is 10.9 Å². The molecular weight excluding hydrogens is 319 g/mol. The van der Waals surface area contributed by atoms with Gasteiger partial charge in [-0.05, 0) is 29.8 Å². The molecule has 1 atom stereocenters. The summed E-state index contributed by atoms with van der Waals surface area (Å²) in [5.41, 5.74) is -4.34. The monoisotopic (exact) mass is 328 g/mol. The van der Waals surface area contributed by atoms with Crippen molar-refractivity contribution in [2.24, 2.45) is 0 Å². The van der Waals surface area contributed by atoms with Gasteiger partial charge in [-0.3, -0.25) is 5.10 Å². The number of benzene rings is 2. The van der Waals surface area contributed by atoms with Gasteiger partial charge >= 0.3 is 6.18 Å². The molecule has 0 saturated heterocycles. The molecular formula is C15H9F5N2O. The van der Waals surface area contributed by atoms with Gasteiger partial charge in [-0.15, -0.1) is 0 Å². The van der Waals surface area contributed by atoms with Crippen molar-refractivity contribution in [1.82, 2.24) is 10.2 Å². The van der Waals surface area contributed by atoms with E-state index in [1.54, 1.807) is 0 Å². The van der Waals surface area contributed by atoms with Gasteiger partial charge in [0.15, 0.2) is 11.6 Å². The number of halogens is 5. The van der Waals surface area contributed by atoms with Gasteiger partial charge in [0.2, 0.25) is 5.60 Å². The number of rotatable bonds is 2. The van der Waals surface area contributed by atoms with Crippen LogP contribution in [0.1, 0.15) is 11.1 Å². The largest absolute Gasteiger partial charge is 0.425 e. The number of H-pyrrole nitrogens is 1. The summed E-state index contributed by atoms with van der Waals surface area (Å²) in [6.45, 7) is 0. The van der Waals surface area contributed by atoms with E-state index in [9.17, 15) is 27.1 Å². The first-order valence-corrected chi connectivity index (χ1v) is 6.42. The highest BCUT2D eigenvalue weighted by Crippen LogP contribution is 2.44. The lowest BCUT2D eigenvalue weighted by molar-refractivity contribution is -0.248. The fourth-order valence-electron chi connectivity index (χ4n) is 2.38. The van der Waals surface area contributed by atoms with Crippen LogP contribution in [0.5, 0.6) is 0 Å². The second-order valence-corrected chi connectivity index (χ2v) is 5.01. The lowest BCUT2D eigenvalue weighted by Gasteiger charge is -2.31. The third kappa shape index (κ3) is 2.35. The first-order chi connectivity index (χ1) is 10.7. The van der Waals surface area contributed by atoms with E-state index in [-0.39, 0.29) is 0 Å². The highest BCUT2D eigenvalue weighted by Gasteiger charge is 2.56. The lowest BCUT2D eigenvalue weighted by Crippen LogP contribution is -2.43. The summed E-state index contributed by atoms with van der Waals surface area (Å²) < 4.78 is 67.0. The van der Waals surface area contributed by atoms with Crippen LogP contribution in [0.2, 0.25) is 0 Å².